The standard InChI is InChI=1S/C12H17NO2S/c1-15-11-7-9-3-5-13-6-4-10(9)8-12(11)16(2)14/h7-8,13H,3-6H2,1-2H3. The second kappa shape index (κ2) is 4.97. The highest BCUT2D eigenvalue weighted by molar-refractivity contribution is 7.84. The Morgan fingerprint density at radius 3 is 2.44 bits per heavy atom. The van der Waals surface area contributed by atoms with Crippen molar-refractivity contribution >= 4 is 10.8 Å². The number of hydrogen-bond donors (Lipinski definition) is 1. The van der Waals surface area contributed by atoms with E-state index in [1.165, 1.54) is 11.1 Å². The average Bonchev–Trinajstić information content (AvgIpc) is 2.51. The third-order valence-corrected chi connectivity index (χ3v) is 3.88. The summed E-state index contributed by atoms with van der Waals surface area (Å²) in [7, 11) is 0.642. The average molecular weight is 239 g/mol. The monoisotopic (exact) mass is 239 g/mol. The molecule has 4 heteroatoms. The number of rotatable bonds is 2. The first-order valence-electron chi connectivity index (χ1n) is 5.46. The Hall–Kier alpha value is -0.870. The van der Waals surface area contributed by atoms with Crippen LogP contribution in [0.3, 0.4) is 0 Å². The summed E-state index contributed by atoms with van der Waals surface area (Å²) >= 11 is 0. The van der Waals surface area contributed by atoms with Crippen molar-refractivity contribution in [1.82, 2.24) is 5.32 Å². The molecule has 1 unspecified atom stereocenters. The summed E-state index contributed by atoms with van der Waals surface area (Å²) in [6, 6.07) is 4.08. The molecule has 0 radical (unpaired) electrons. The van der Waals surface area contributed by atoms with Gasteiger partial charge in [-0.2, -0.15) is 0 Å². The maximum absolute atomic E-state index is 11.6. The normalized spacial score (nSPS) is 17.4. The highest BCUT2D eigenvalue weighted by Crippen LogP contribution is 2.27. The summed E-state index contributed by atoms with van der Waals surface area (Å²) in [6.07, 6.45) is 3.71. The van der Waals surface area contributed by atoms with Crippen molar-refractivity contribution in [3.05, 3.63) is 23.3 Å². The summed E-state index contributed by atoms with van der Waals surface area (Å²) in [4.78, 5) is 0.808. The molecule has 1 aliphatic heterocycles. The predicted octanol–water partition coefficient (Wildman–Crippen LogP) is 1.12. The topological polar surface area (TPSA) is 38.3 Å². The molecule has 0 saturated carbocycles. The molecule has 1 atom stereocenters. The van der Waals surface area contributed by atoms with E-state index in [4.69, 9.17) is 4.74 Å². The van der Waals surface area contributed by atoms with Crippen LogP contribution in [0.2, 0.25) is 0 Å². The molecule has 88 valence electrons. The first-order valence-corrected chi connectivity index (χ1v) is 7.02. The molecule has 0 spiro atoms. The molecule has 0 bridgehead atoms. The fraction of sp³-hybridized carbons (Fsp3) is 0.500. The van der Waals surface area contributed by atoms with Gasteiger partial charge in [0.2, 0.25) is 0 Å². The van der Waals surface area contributed by atoms with Gasteiger partial charge in [0.25, 0.3) is 0 Å². The van der Waals surface area contributed by atoms with Gasteiger partial charge in [0, 0.05) is 6.26 Å². The maximum Gasteiger partial charge on any atom is 0.135 e. The molecule has 1 aromatic rings. The van der Waals surface area contributed by atoms with Crippen molar-refractivity contribution < 1.29 is 8.95 Å². The Balaban J connectivity index is 2.48. The van der Waals surface area contributed by atoms with Gasteiger partial charge < -0.3 is 10.1 Å². The van der Waals surface area contributed by atoms with Crippen LogP contribution >= 0.6 is 0 Å². The van der Waals surface area contributed by atoms with E-state index in [2.05, 4.69) is 5.32 Å². The van der Waals surface area contributed by atoms with Gasteiger partial charge in [0.1, 0.15) is 5.75 Å². The van der Waals surface area contributed by atoms with Crippen LogP contribution in [0.25, 0.3) is 0 Å². The third kappa shape index (κ3) is 2.28. The Morgan fingerprint density at radius 2 is 1.88 bits per heavy atom. The van der Waals surface area contributed by atoms with Gasteiger partial charge in [0.15, 0.2) is 0 Å². The highest BCUT2D eigenvalue weighted by Gasteiger charge is 2.14. The van der Waals surface area contributed by atoms with Crippen LogP contribution in [-0.4, -0.2) is 30.7 Å². The van der Waals surface area contributed by atoms with Gasteiger partial charge in [0.05, 0.1) is 22.8 Å². The van der Waals surface area contributed by atoms with Gasteiger partial charge >= 0.3 is 0 Å². The van der Waals surface area contributed by atoms with E-state index in [0.717, 1.165) is 36.6 Å². The number of benzene rings is 1. The quantitative estimate of drug-likeness (QED) is 0.840. The number of ether oxygens (including phenoxy) is 1. The number of nitrogens with one attached hydrogen (secondary N) is 1. The maximum atomic E-state index is 11.6. The van der Waals surface area contributed by atoms with Crippen molar-refractivity contribution in [3.63, 3.8) is 0 Å². The van der Waals surface area contributed by atoms with E-state index in [1.807, 2.05) is 12.1 Å². The second-order valence-electron chi connectivity index (χ2n) is 3.98. The molecule has 1 aliphatic rings. The Bertz CT molecular complexity index is 418. The van der Waals surface area contributed by atoms with Crippen molar-refractivity contribution in [2.45, 2.75) is 17.7 Å². The molecular formula is C12H17NO2S. The summed E-state index contributed by atoms with van der Waals surface area (Å²) in [6.45, 7) is 2.00. The molecule has 2 rings (SSSR count). The minimum Gasteiger partial charge on any atom is -0.495 e. The third-order valence-electron chi connectivity index (χ3n) is 2.94. The number of methoxy groups -OCH3 is 1. The molecule has 1 N–H and O–H groups in total. The van der Waals surface area contributed by atoms with Gasteiger partial charge in [-0.1, -0.05) is 0 Å². The predicted molar refractivity (Wildman–Crippen MR) is 65.6 cm³/mol. The molecule has 0 aromatic heterocycles. The molecule has 3 nitrogen and oxygen atoms in total. The van der Waals surface area contributed by atoms with Crippen molar-refractivity contribution in [3.8, 4) is 5.75 Å². The lowest BCUT2D eigenvalue weighted by molar-refractivity contribution is 0.403. The molecule has 0 fully saturated rings. The number of hydrogen-bond acceptors (Lipinski definition) is 3. The lowest BCUT2D eigenvalue weighted by atomic mass is 10.0. The highest BCUT2D eigenvalue weighted by atomic mass is 32.2. The fourth-order valence-electron chi connectivity index (χ4n) is 2.06. The zero-order chi connectivity index (χ0) is 11.5. The van der Waals surface area contributed by atoms with Gasteiger partial charge in [-0.3, -0.25) is 4.21 Å². The molecule has 1 aromatic carbocycles. The smallest absolute Gasteiger partial charge is 0.135 e. The minimum atomic E-state index is -0.990. The molecule has 1 heterocycles. The molecule has 0 aliphatic carbocycles. The lowest BCUT2D eigenvalue weighted by Crippen LogP contribution is -2.16. The largest absolute Gasteiger partial charge is 0.495 e. The summed E-state index contributed by atoms with van der Waals surface area (Å²) in [5, 5.41) is 3.36. The van der Waals surface area contributed by atoms with Crippen LogP contribution in [0, 0.1) is 0 Å². The van der Waals surface area contributed by atoms with Crippen LogP contribution < -0.4 is 10.1 Å². The zero-order valence-electron chi connectivity index (χ0n) is 9.71. The van der Waals surface area contributed by atoms with Crippen LogP contribution in [0.1, 0.15) is 11.1 Å². The van der Waals surface area contributed by atoms with Gasteiger partial charge in [-0.25, -0.2) is 0 Å². The van der Waals surface area contributed by atoms with Crippen LogP contribution in [0.15, 0.2) is 17.0 Å². The van der Waals surface area contributed by atoms with Crippen molar-refractivity contribution in [1.29, 1.82) is 0 Å². The zero-order valence-corrected chi connectivity index (χ0v) is 10.5. The van der Waals surface area contributed by atoms with Crippen molar-refractivity contribution in [2.24, 2.45) is 0 Å². The van der Waals surface area contributed by atoms with Gasteiger partial charge in [-0.05, 0) is 49.2 Å². The Morgan fingerprint density at radius 1 is 1.25 bits per heavy atom. The molecule has 0 amide bonds. The second-order valence-corrected chi connectivity index (χ2v) is 5.32. The SMILES string of the molecule is COc1cc2c(cc1S(C)=O)CCNCC2. The molecular weight excluding hydrogens is 222 g/mol. The summed E-state index contributed by atoms with van der Waals surface area (Å²) in [5.74, 6) is 0.751. The van der Waals surface area contributed by atoms with Crippen molar-refractivity contribution in [2.75, 3.05) is 26.5 Å². The Kier molecular flexibility index (Phi) is 3.61. The van der Waals surface area contributed by atoms with Gasteiger partial charge in [-0.15, -0.1) is 0 Å². The van der Waals surface area contributed by atoms with E-state index in [1.54, 1.807) is 13.4 Å². The first-order chi connectivity index (χ1) is 7.72. The first kappa shape index (κ1) is 11.6. The van der Waals surface area contributed by atoms with Crippen LogP contribution in [-0.2, 0) is 23.6 Å². The van der Waals surface area contributed by atoms with Crippen LogP contribution in [0.4, 0.5) is 0 Å². The summed E-state index contributed by atoms with van der Waals surface area (Å²) in [5.41, 5.74) is 2.62. The van der Waals surface area contributed by atoms with E-state index in [9.17, 15) is 4.21 Å². The Labute approximate surface area is 98.7 Å². The van der Waals surface area contributed by atoms with E-state index >= 15 is 0 Å². The summed E-state index contributed by atoms with van der Waals surface area (Å²) < 4.78 is 16.9. The minimum absolute atomic E-state index is 0.751. The van der Waals surface area contributed by atoms with Crippen LogP contribution in [0.5, 0.6) is 5.75 Å². The van der Waals surface area contributed by atoms with E-state index in [-0.39, 0.29) is 0 Å². The van der Waals surface area contributed by atoms with E-state index in [0.29, 0.717) is 0 Å². The molecule has 0 saturated heterocycles. The fourth-order valence-corrected chi connectivity index (χ4v) is 2.80. The molecule has 16 heavy (non-hydrogen) atoms. The lowest BCUT2D eigenvalue weighted by Gasteiger charge is -2.12. The van der Waals surface area contributed by atoms with E-state index < -0.39 is 10.8 Å². The number of fused-ring (bicyclic) bond motifs is 1.